The number of hydrogen-bond acceptors (Lipinski definition) is 3. The molecule has 0 spiro atoms. The van der Waals surface area contributed by atoms with Crippen LogP contribution in [0, 0.1) is 6.92 Å². The molecule has 0 saturated carbocycles. The summed E-state index contributed by atoms with van der Waals surface area (Å²) in [6.07, 6.45) is 0.977. The first-order valence-electron chi connectivity index (χ1n) is 3.42. The van der Waals surface area contributed by atoms with Crippen LogP contribution in [-0.2, 0) is 9.59 Å². The molecule has 4 heteroatoms. The lowest BCUT2D eigenvalue weighted by Gasteiger charge is -2.13. The van der Waals surface area contributed by atoms with Gasteiger partial charge in [-0.1, -0.05) is 0 Å². The fraction of sp³-hybridized carbons (Fsp3) is 0.571. The summed E-state index contributed by atoms with van der Waals surface area (Å²) in [7, 11) is 0. The Hall–Kier alpha value is -0.900. The predicted molar refractivity (Wildman–Crippen MR) is 41.6 cm³/mol. The largest absolute Gasteiger partial charge is 0.346 e. The van der Waals surface area contributed by atoms with Gasteiger partial charge in [0.2, 0.25) is 5.91 Å². The summed E-state index contributed by atoms with van der Waals surface area (Å²) in [5.41, 5.74) is 5.33. The second kappa shape index (κ2) is 4.85. The van der Waals surface area contributed by atoms with E-state index in [0.717, 1.165) is 0 Å². The first-order valence-corrected chi connectivity index (χ1v) is 3.42. The van der Waals surface area contributed by atoms with E-state index in [1.54, 1.807) is 6.92 Å². The summed E-state index contributed by atoms with van der Waals surface area (Å²) in [6, 6.07) is -1.09. The van der Waals surface area contributed by atoms with Gasteiger partial charge in [0.1, 0.15) is 6.29 Å². The minimum absolute atomic E-state index is 0.331. The van der Waals surface area contributed by atoms with Crippen molar-refractivity contribution in [2.45, 2.75) is 25.4 Å². The van der Waals surface area contributed by atoms with Gasteiger partial charge in [-0.25, -0.2) is 0 Å². The van der Waals surface area contributed by atoms with Crippen LogP contribution in [0.2, 0.25) is 0 Å². The van der Waals surface area contributed by atoms with E-state index in [-0.39, 0.29) is 5.91 Å². The van der Waals surface area contributed by atoms with Crippen molar-refractivity contribution < 1.29 is 9.59 Å². The number of amides is 1. The Kier molecular flexibility index (Phi) is 4.45. The Bertz CT molecular complexity index is 147. The summed E-state index contributed by atoms with van der Waals surface area (Å²) < 4.78 is 0. The molecular weight excluding hydrogens is 144 g/mol. The normalized spacial score (nSPS) is 15.2. The predicted octanol–water partition coefficient (Wildman–Crippen LogP) is -0.759. The van der Waals surface area contributed by atoms with Gasteiger partial charge in [0.05, 0.1) is 12.1 Å². The maximum Gasteiger partial charge on any atom is 0.234 e. The quantitative estimate of drug-likeness (QED) is 0.416. The van der Waals surface area contributed by atoms with Crippen molar-refractivity contribution in [3.8, 4) is 0 Å². The number of hydrogen-bond donors (Lipinski definition) is 2. The highest BCUT2D eigenvalue weighted by Gasteiger charge is 2.10. The molecule has 3 N–H and O–H groups in total. The molecule has 0 rings (SSSR count). The van der Waals surface area contributed by atoms with E-state index < -0.39 is 12.1 Å². The number of carbonyl (C=O) groups excluding carboxylic acids is 2. The van der Waals surface area contributed by atoms with Crippen molar-refractivity contribution in [3.63, 3.8) is 0 Å². The zero-order chi connectivity index (χ0) is 8.85. The molecule has 0 aliphatic heterocycles. The van der Waals surface area contributed by atoms with E-state index in [9.17, 15) is 9.59 Å². The van der Waals surface area contributed by atoms with E-state index in [4.69, 9.17) is 5.73 Å². The van der Waals surface area contributed by atoms with Crippen LogP contribution in [-0.4, -0.2) is 24.3 Å². The van der Waals surface area contributed by atoms with Crippen molar-refractivity contribution >= 4 is 12.2 Å². The summed E-state index contributed by atoms with van der Waals surface area (Å²) >= 11 is 0. The third-order valence-electron chi connectivity index (χ3n) is 1.22. The highest BCUT2D eigenvalue weighted by Crippen LogP contribution is 1.86. The lowest BCUT2D eigenvalue weighted by atomic mass is 10.2. The SMILES string of the molecule is [CH2-]C[C@H](N)C(=O)N[C@@H](C)C=O. The van der Waals surface area contributed by atoms with Crippen LogP contribution >= 0.6 is 0 Å². The Labute approximate surface area is 66.1 Å². The van der Waals surface area contributed by atoms with Gasteiger partial charge in [0.25, 0.3) is 0 Å². The first kappa shape index (κ1) is 10.1. The molecule has 0 fully saturated rings. The number of nitrogens with one attached hydrogen (secondary N) is 1. The lowest BCUT2D eigenvalue weighted by Crippen LogP contribution is -2.44. The molecule has 0 aromatic heterocycles. The average Bonchev–Trinajstić information content (AvgIpc) is 2.02. The third-order valence-corrected chi connectivity index (χ3v) is 1.22. The maximum atomic E-state index is 10.9. The van der Waals surface area contributed by atoms with Crippen molar-refractivity contribution in [3.05, 3.63) is 6.92 Å². The second-order valence-corrected chi connectivity index (χ2v) is 2.33. The standard InChI is InChI=1S/C7H13N2O2/c1-3-6(8)7(11)9-5(2)4-10/h4-6H,1,3,8H2,2H3,(H,9,11)/q-1/t5-,6-/m0/s1. The highest BCUT2D eigenvalue weighted by atomic mass is 16.2. The van der Waals surface area contributed by atoms with Crippen molar-refractivity contribution in [2.75, 3.05) is 0 Å². The molecule has 1 amide bonds. The van der Waals surface area contributed by atoms with Crippen LogP contribution in [0.25, 0.3) is 0 Å². The van der Waals surface area contributed by atoms with Gasteiger partial charge in [-0.2, -0.15) is 6.42 Å². The zero-order valence-electron chi connectivity index (χ0n) is 6.54. The minimum atomic E-state index is -0.614. The summed E-state index contributed by atoms with van der Waals surface area (Å²) in [5, 5.41) is 2.41. The maximum absolute atomic E-state index is 10.9. The van der Waals surface area contributed by atoms with Crippen LogP contribution in [0.15, 0.2) is 0 Å². The van der Waals surface area contributed by atoms with Crippen LogP contribution in [0.3, 0.4) is 0 Å². The highest BCUT2D eigenvalue weighted by molar-refractivity contribution is 5.84. The monoisotopic (exact) mass is 157 g/mol. The first-order chi connectivity index (χ1) is 5.11. The van der Waals surface area contributed by atoms with Crippen LogP contribution in [0.1, 0.15) is 13.3 Å². The fourth-order valence-electron chi connectivity index (χ4n) is 0.497. The molecule has 0 unspecified atom stereocenters. The van der Waals surface area contributed by atoms with Crippen molar-refractivity contribution in [1.29, 1.82) is 0 Å². The van der Waals surface area contributed by atoms with Gasteiger partial charge in [0, 0.05) is 0 Å². The van der Waals surface area contributed by atoms with Gasteiger partial charge >= 0.3 is 0 Å². The van der Waals surface area contributed by atoms with Crippen LogP contribution in [0.4, 0.5) is 0 Å². The molecule has 64 valence electrons. The van der Waals surface area contributed by atoms with Gasteiger partial charge in [0.15, 0.2) is 0 Å². The Morgan fingerprint density at radius 2 is 2.36 bits per heavy atom. The number of carbonyl (C=O) groups is 2. The molecule has 0 aliphatic rings. The zero-order valence-corrected chi connectivity index (χ0v) is 6.54. The topological polar surface area (TPSA) is 72.2 Å². The fourth-order valence-corrected chi connectivity index (χ4v) is 0.497. The molecule has 4 nitrogen and oxygen atoms in total. The van der Waals surface area contributed by atoms with Crippen LogP contribution < -0.4 is 11.1 Å². The number of aldehydes is 1. The summed E-state index contributed by atoms with van der Waals surface area (Å²) in [4.78, 5) is 21.0. The number of nitrogens with two attached hydrogens (primary N) is 1. The van der Waals surface area contributed by atoms with Gasteiger partial charge in [-0.15, -0.1) is 0 Å². The Balaban J connectivity index is 3.76. The molecular formula is C7H13N2O2-. The molecule has 0 bridgehead atoms. The smallest absolute Gasteiger partial charge is 0.234 e. The average molecular weight is 157 g/mol. The molecule has 0 aliphatic carbocycles. The molecule has 0 saturated heterocycles. The van der Waals surface area contributed by atoms with E-state index in [1.165, 1.54) is 0 Å². The van der Waals surface area contributed by atoms with E-state index in [1.807, 2.05) is 0 Å². The molecule has 0 aromatic rings. The third kappa shape index (κ3) is 3.72. The second-order valence-electron chi connectivity index (χ2n) is 2.33. The lowest BCUT2D eigenvalue weighted by molar-refractivity contribution is -0.124. The van der Waals surface area contributed by atoms with Crippen molar-refractivity contribution in [2.24, 2.45) is 5.73 Å². The molecule has 0 aromatic carbocycles. The number of rotatable bonds is 4. The van der Waals surface area contributed by atoms with E-state index in [2.05, 4.69) is 12.2 Å². The Morgan fingerprint density at radius 3 is 2.73 bits per heavy atom. The van der Waals surface area contributed by atoms with Crippen LogP contribution in [0.5, 0.6) is 0 Å². The van der Waals surface area contributed by atoms with Gasteiger partial charge in [-0.05, 0) is 6.92 Å². The van der Waals surface area contributed by atoms with Gasteiger partial charge < -0.3 is 22.8 Å². The molecule has 11 heavy (non-hydrogen) atoms. The van der Waals surface area contributed by atoms with E-state index in [0.29, 0.717) is 12.7 Å². The molecule has 0 heterocycles. The summed E-state index contributed by atoms with van der Waals surface area (Å²) in [5.74, 6) is -0.334. The summed E-state index contributed by atoms with van der Waals surface area (Å²) in [6.45, 7) is 5.05. The molecule has 0 radical (unpaired) electrons. The van der Waals surface area contributed by atoms with E-state index >= 15 is 0 Å². The van der Waals surface area contributed by atoms with Gasteiger partial charge in [-0.3, -0.25) is 4.79 Å². The molecule has 2 atom stereocenters. The Morgan fingerprint density at radius 1 is 1.82 bits per heavy atom. The minimum Gasteiger partial charge on any atom is -0.346 e. The van der Waals surface area contributed by atoms with Crippen molar-refractivity contribution in [1.82, 2.24) is 5.32 Å².